The largest absolute Gasteiger partial charge is 0.411 e. The van der Waals surface area contributed by atoms with Crippen molar-refractivity contribution in [2.45, 2.75) is 12.8 Å². The van der Waals surface area contributed by atoms with E-state index in [0.717, 1.165) is 0 Å². The van der Waals surface area contributed by atoms with Crippen LogP contribution < -0.4 is 5.73 Å². The second kappa shape index (κ2) is 4.92. The molecule has 0 aliphatic heterocycles. The average molecular weight is 333 g/mol. The fourth-order valence-electron chi connectivity index (χ4n) is 0.746. The lowest BCUT2D eigenvalue weighted by Gasteiger charge is -2.07. The third-order valence-corrected chi connectivity index (χ3v) is 2.15. The summed E-state index contributed by atoms with van der Waals surface area (Å²) in [6.07, 6.45) is -2.91. The molecule has 1 aromatic heterocycles. The first kappa shape index (κ1) is 12.4. The average Bonchev–Trinajstić information content (AvgIpc) is 2.09. The van der Waals surface area contributed by atoms with Crippen molar-refractivity contribution >= 4 is 28.4 Å². The number of aromatic nitrogens is 2. The number of nitrogen functional groups attached to an aromatic ring is 1. The Hall–Kier alpha value is -0.640. The van der Waals surface area contributed by atoms with E-state index < -0.39 is 12.8 Å². The van der Waals surface area contributed by atoms with Crippen LogP contribution >= 0.6 is 22.6 Å². The molecule has 1 aromatic rings. The normalized spacial score (nSPS) is 11.7. The minimum absolute atomic E-state index is 0.136. The predicted octanol–water partition coefficient (Wildman–Crippen LogP) is 1.74. The molecule has 8 heteroatoms. The molecule has 1 heterocycles. The first-order valence-corrected chi connectivity index (χ1v) is 4.88. The van der Waals surface area contributed by atoms with E-state index in [4.69, 9.17) is 5.73 Å². The van der Waals surface area contributed by atoms with Crippen molar-refractivity contribution in [3.8, 4) is 0 Å². The molecule has 0 aromatic carbocycles. The lowest BCUT2D eigenvalue weighted by Crippen LogP contribution is -2.17. The summed E-state index contributed by atoms with van der Waals surface area (Å²) in [5.74, 6) is 0.369. The van der Waals surface area contributed by atoms with Crippen LogP contribution in [0.5, 0.6) is 0 Å². The Kier molecular flexibility index (Phi) is 4.08. The van der Waals surface area contributed by atoms with Crippen molar-refractivity contribution in [2.24, 2.45) is 0 Å². The molecule has 0 unspecified atom stereocenters. The number of rotatable bonds is 3. The summed E-state index contributed by atoms with van der Waals surface area (Å²) in [5.41, 5.74) is 5.44. The molecule has 0 spiro atoms. The zero-order chi connectivity index (χ0) is 11.5. The lowest BCUT2D eigenvalue weighted by atomic mass is 10.5. The maximum absolute atomic E-state index is 11.7. The molecule has 0 saturated heterocycles. The topological polar surface area (TPSA) is 61.0 Å². The number of halogens is 4. The van der Waals surface area contributed by atoms with Crippen LogP contribution in [-0.2, 0) is 11.3 Å². The molecule has 0 amide bonds. The van der Waals surface area contributed by atoms with E-state index >= 15 is 0 Å². The van der Waals surface area contributed by atoms with Crippen LogP contribution in [0.3, 0.4) is 0 Å². The zero-order valence-electron chi connectivity index (χ0n) is 7.38. The van der Waals surface area contributed by atoms with Crippen LogP contribution in [0.4, 0.5) is 19.0 Å². The molecule has 0 radical (unpaired) electrons. The van der Waals surface area contributed by atoms with Crippen molar-refractivity contribution in [2.75, 3.05) is 12.3 Å². The van der Waals surface area contributed by atoms with Gasteiger partial charge in [0.25, 0.3) is 0 Å². The number of hydrogen-bond donors (Lipinski definition) is 1. The monoisotopic (exact) mass is 333 g/mol. The maximum Gasteiger partial charge on any atom is 0.411 e. The highest BCUT2D eigenvalue weighted by Gasteiger charge is 2.27. The highest BCUT2D eigenvalue weighted by molar-refractivity contribution is 14.1. The smallest absolute Gasteiger partial charge is 0.383 e. The molecule has 0 aliphatic rings. The van der Waals surface area contributed by atoms with E-state index in [2.05, 4.69) is 14.7 Å². The summed E-state index contributed by atoms with van der Waals surface area (Å²) in [6.45, 7) is -1.62. The van der Waals surface area contributed by atoms with Gasteiger partial charge < -0.3 is 10.5 Å². The van der Waals surface area contributed by atoms with Gasteiger partial charge in [-0.1, -0.05) is 0 Å². The molecular formula is C7H7F3IN3O. The van der Waals surface area contributed by atoms with Crippen molar-refractivity contribution in [1.82, 2.24) is 9.97 Å². The van der Waals surface area contributed by atoms with Crippen LogP contribution in [0.2, 0.25) is 0 Å². The first-order valence-electron chi connectivity index (χ1n) is 3.80. The van der Waals surface area contributed by atoms with E-state index in [1.807, 2.05) is 22.6 Å². The van der Waals surface area contributed by atoms with E-state index in [0.29, 0.717) is 3.57 Å². The Morgan fingerprint density at radius 2 is 2.13 bits per heavy atom. The summed E-state index contributed by atoms with van der Waals surface area (Å²) >= 11 is 1.92. The molecule has 1 rings (SSSR count). The zero-order valence-corrected chi connectivity index (χ0v) is 9.54. The number of nitrogens with zero attached hydrogens (tertiary/aromatic N) is 2. The van der Waals surface area contributed by atoms with Crippen molar-refractivity contribution in [1.29, 1.82) is 0 Å². The van der Waals surface area contributed by atoms with Gasteiger partial charge in [-0.2, -0.15) is 13.2 Å². The van der Waals surface area contributed by atoms with Gasteiger partial charge >= 0.3 is 6.18 Å². The summed E-state index contributed by atoms with van der Waals surface area (Å²) in [4.78, 5) is 7.53. The van der Waals surface area contributed by atoms with Gasteiger partial charge in [0.15, 0.2) is 5.82 Å². The van der Waals surface area contributed by atoms with Crippen LogP contribution in [0.15, 0.2) is 6.20 Å². The molecule has 0 saturated carbocycles. The molecule has 4 nitrogen and oxygen atoms in total. The molecule has 0 atom stereocenters. The lowest BCUT2D eigenvalue weighted by molar-refractivity contribution is -0.177. The van der Waals surface area contributed by atoms with Gasteiger partial charge in [0.05, 0.1) is 3.57 Å². The van der Waals surface area contributed by atoms with Gasteiger partial charge in [-0.25, -0.2) is 9.97 Å². The van der Waals surface area contributed by atoms with E-state index in [1.54, 1.807) is 0 Å². The third-order valence-electron chi connectivity index (χ3n) is 1.32. The first-order chi connectivity index (χ1) is 6.88. The Morgan fingerprint density at radius 1 is 1.47 bits per heavy atom. The maximum atomic E-state index is 11.7. The molecule has 84 valence electrons. The van der Waals surface area contributed by atoms with Crippen molar-refractivity contribution < 1.29 is 17.9 Å². The predicted molar refractivity (Wildman–Crippen MR) is 54.9 cm³/mol. The van der Waals surface area contributed by atoms with Crippen LogP contribution in [0.1, 0.15) is 5.82 Å². The fraction of sp³-hybridized carbons (Fsp3) is 0.429. The fourth-order valence-corrected chi connectivity index (χ4v) is 1.01. The highest BCUT2D eigenvalue weighted by atomic mass is 127. The Balaban J connectivity index is 2.48. The molecule has 2 N–H and O–H groups in total. The minimum atomic E-state index is -4.34. The second-order valence-corrected chi connectivity index (χ2v) is 3.79. The molecule has 0 aliphatic carbocycles. The van der Waals surface area contributed by atoms with Crippen LogP contribution in [0.25, 0.3) is 0 Å². The SMILES string of the molecule is Nc1nc(COCC(F)(F)F)ncc1I. The number of nitrogens with two attached hydrogens (primary N) is 1. The number of alkyl halides is 3. The summed E-state index contributed by atoms with van der Waals surface area (Å²) in [6, 6.07) is 0. The molecular weight excluding hydrogens is 326 g/mol. The van der Waals surface area contributed by atoms with E-state index in [9.17, 15) is 13.2 Å². The number of ether oxygens (including phenoxy) is 1. The van der Waals surface area contributed by atoms with Crippen LogP contribution in [-0.4, -0.2) is 22.8 Å². The standard InChI is InChI=1S/C7H7F3IN3O/c8-7(9,10)3-15-2-5-13-1-4(11)6(12)14-5/h1H,2-3H2,(H2,12,13,14). The van der Waals surface area contributed by atoms with Gasteiger partial charge in [-0.3, -0.25) is 0 Å². The summed E-state index contributed by atoms with van der Waals surface area (Å²) in [7, 11) is 0. The van der Waals surface area contributed by atoms with E-state index in [1.165, 1.54) is 6.20 Å². The van der Waals surface area contributed by atoms with Gasteiger partial charge in [0.1, 0.15) is 19.0 Å². The van der Waals surface area contributed by atoms with Crippen molar-refractivity contribution in [3.05, 3.63) is 15.6 Å². The Bertz CT molecular complexity index is 345. The number of hydrogen-bond acceptors (Lipinski definition) is 4. The molecule has 0 fully saturated rings. The highest BCUT2D eigenvalue weighted by Crippen LogP contribution is 2.15. The Morgan fingerprint density at radius 3 is 2.67 bits per heavy atom. The van der Waals surface area contributed by atoms with Gasteiger partial charge in [-0.15, -0.1) is 0 Å². The molecule has 0 bridgehead atoms. The van der Waals surface area contributed by atoms with Crippen molar-refractivity contribution in [3.63, 3.8) is 0 Å². The van der Waals surface area contributed by atoms with Crippen LogP contribution in [0, 0.1) is 3.57 Å². The second-order valence-electron chi connectivity index (χ2n) is 2.63. The van der Waals surface area contributed by atoms with E-state index in [-0.39, 0.29) is 18.2 Å². The van der Waals surface area contributed by atoms with Gasteiger partial charge in [0.2, 0.25) is 0 Å². The Labute approximate surface area is 97.2 Å². The quantitative estimate of drug-likeness (QED) is 0.856. The molecule has 15 heavy (non-hydrogen) atoms. The summed E-state index contributed by atoms with van der Waals surface area (Å²) < 4.78 is 40.1. The third kappa shape index (κ3) is 4.60. The summed E-state index contributed by atoms with van der Waals surface area (Å²) in [5, 5.41) is 0. The minimum Gasteiger partial charge on any atom is -0.383 e. The van der Waals surface area contributed by atoms with Gasteiger partial charge in [0, 0.05) is 6.20 Å². The number of anilines is 1. The van der Waals surface area contributed by atoms with Gasteiger partial charge in [-0.05, 0) is 22.6 Å².